The van der Waals surface area contributed by atoms with E-state index in [4.69, 9.17) is 14.6 Å². The van der Waals surface area contributed by atoms with E-state index in [1.165, 1.54) is 0 Å². The quantitative estimate of drug-likeness (QED) is 0.812. The minimum atomic E-state index is -1.00. The first kappa shape index (κ1) is 18.9. The van der Waals surface area contributed by atoms with Crippen molar-refractivity contribution in [3.63, 3.8) is 0 Å². The molecule has 26 heavy (non-hydrogen) atoms. The van der Waals surface area contributed by atoms with Gasteiger partial charge in [-0.2, -0.15) is 0 Å². The molecular weight excluding hydrogens is 334 g/mol. The number of carboxylic acid groups (broad SMARTS) is 1. The van der Waals surface area contributed by atoms with Crippen molar-refractivity contribution in [2.24, 2.45) is 0 Å². The highest BCUT2D eigenvalue weighted by Crippen LogP contribution is 2.40. The molecule has 0 bridgehead atoms. The summed E-state index contributed by atoms with van der Waals surface area (Å²) >= 11 is 0. The number of ether oxygens (including phenoxy) is 2. The first-order valence-electron chi connectivity index (χ1n) is 9.39. The molecule has 3 rings (SSSR count). The molecule has 1 aromatic rings. The topological polar surface area (TPSA) is 84.9 Å². The Kier molecular flexibility index (Phi) is 6.27. The Morgan fingerprint density at radius 2 is 1.92 bits per heavy atom. The van der Waals surface area contributed by atoms with Crippen LogP contribution in [0.2, 0.25) is 0 Å². The van der Waals surface area contributed by atoms with Crippen LogP contribution < -0.4 is 5.32 Å². The summed E-state index contributed by atoms with van der Waals surface area (Å²) < 4.78 is 11.0. The van der Waals surface area contributed by atoms with Crippen LogP contribution in [0.25, 0.3) is 0 Å². The van der Waals surface area contributed by atoms with Crippen LogP contribution in [-0.4, -0.2) is 48.9 Å². The third-order valence-corrected chi connectivity index (χ3v) is 5.50. The van der Waals surface area contributed by atoms with E-state index in [1.807, 2.05) is 30.3 Å². The van der Waals surface area contributed by atoms with Crippen LogP contribution in [0.5, 0.6) is 0 Å². The maximum Gasteiger partial charge on any atom is 0.329 e. The first-order valence-corrected chi connectivity index (χ1v) is 9.39. The standard InChI is InChI=1S/C20H27NO5/c22-18(23)14-26-17-9-12-25-13-16(17)21-19(24)20(10-5-2-6-11-20)15-7-3-1-4-8-15/h1,3-4,7-8,16-17H,2,5-6,9-14H2,(H,21,24)(H,22,23)/t16-,17+/m1/s1. The highest BCUT2D eigenvalue weighted by Gasteiger charge is 2.42. The maximum absolute atomic E-state index is 13.3. The van der Waals surface area contributed by atoms with Crippen LogP contribution in [-0.2, 0) is 24.5 Å². The monoisotopic (exact) mass is 361 g/mol. The van der Waals surface area contributed by atoms with Gasteiger partial charge in [-0.05, 0) is 24.8 Å². The fourth-order valence-electron chi connectivity index (χ4n) is 4.10. The van der Waals surface area contributed by atoms with Crippen LogP contribution >= 0.6 is 0 Å². The van der Waals surface area contributed by atoms with E-state index in [-0.39, 0.29) is 24.7 Å². The first-order chi connectivity index (χ1) is 12.6. The number of amides is 1. The fraction of sp³-hybridized carbons (Fsp3) is 0.600. The van der Waals surface area contributed by atoms with Gasteiger partial charge in [-0.15, -0.1) is 0 Å². The Labute approximate surface area is 153 Å². The van der Waals surface area contributed by atoms with E-state index in [0.717, 1.165) is 37.7 Å². The number of carbonyl (C=O) groups excluding carboxylic acids is 1. The van der Waals surface area contributed by atoms with Gasteiger partial charge in [0.2, 0.25) is 5.91 Å². The molecule has 1 saturated heterocycles. The summed E-state index contributed by atoms with van der Waals surface area (Å²) in [5, 5.41) is 12.0. The van der Waals surface area contributed by atoms with E-state index in [1.54, 1.807) is 0 Å². The molecule has 2 N–H and O–H groups in total. The molecule has 2 aliphatic rings. The Bertz CT molecular complexity index is 612. The SMILES string of the molecule is O=C(O)CO[C@H]1CCOC[C@H]1NC(=O)C1(c2ccccc2)CCCCC1. The zero-order valence-corrected chi connectivity index (χ0v) is 15.0. The number of hydrogen-bond donors (Lipinski definition) is 2. The van der Waals surface area contributed by atoms with Gasteiger partial charge in [-0.1, -0.05) is 49.6 Å². The molecule has 1 aliphatic carbocycles. The Balaban J connectivity index is 1.75. The summed E-state index contributed by atoms with van der Waals surface area (Å²) in [6.45, 7) is 0.502. The molecule has 6 nitrogen and oxygen atoms in total. The van der Waals surface area contributed by atoms with Gasteiger partial charge in [0.15, 0.2) is 0 Å². The second-order valence-electron chi connectivity index (χ2n) is 7.20. The zero-order valence-electron chi connectivity index (χ0n) is 15.0. The highest BCUT2D eigenvalue weighted by molar-refractivity contribution is 5.88. The molecule has 2 atom stereocenters. The van der Waals surface area contributed by atoms with Crippen molar-refractivity contribution in [1.29, 1.82) is 0 Å². The number of benzene rings is 1. The fourth-order valence-corrected chi connectivity index (χ4v) is 4.10. The average Bonchev–Trinajstić information content (AvgIpc) is 2.68. The number of rotatable bonds is 6. The Morgan fingerprint density at radius 3 is 2.62 bits per heavy atom. The molecule has 0 spiro atoms. The molecule has 0 aromatic heterocycles. The Hall–Kier alpha value is -1.92. The normalized spacial score (nSPS) is 25.4. The molecule has 1 heterocycles. The molecule has 142 valence electrons. The van der Waals surface area contributed by atoms with Crippen molar-refractivity contribution in [3.8, 4) is 0 Å². The molecule has 1 saturated carbocycles. The highest BCUT2D eigenvalue weighted by atomic mass is 16.5. The van der Waals surface area contributed by atoms with Crippen LogP contribution in [0, 0.1) is 0 Å². The number of hydrogen-bond acceptors (Lipinski definition) is 4. The summed E-state index contributed by atoms with van der Waals surface area (Å²) in [6, 6.07) is 9.64. The molecule has 1 aromatic carbocycles. The number of nitrogens with one attached hydrogen (secondary N) is 1. The van der Waals surface area contributed by atoms with Crippen molar-refractivity contribution in [3.05, 3.63) is 35.9 Å². The second kappa shape index (κ2) is 8.64. The molecule has 6 heteroatoms. The second-order valence-corrected chi connectivity index (χ2v) is 7.20. The largest absolute Gasteiger partial charge is 0.480 e. The van der Waals surface area contributed by atoms with E-state index >= 15 is 0 Å². The molecule has 2 fully saturated rings. The van der Waals surface area contributed by atoms with Crippen LogP contribution in [0.4, 0.5) is 0 Å². The Morgan fingerprint density at radius 1 is 1.19 bits per heavy atom. The lowest BCUT2D eigenvalue weighted by Crippen LogP contribution is -2.56. The summed E-state index contributed by atoms with van der Waals surface area (Å²) in [7, 11) is 0. The lowest BCUT2D eigenvalue weighted by molar-refractivity contribution is -0.148. The summed E-state index contributed by atoms with van der Waals surface area (Å²) in [5.74, 6) is -1.00. The van der Waals surface area contributed by atoms with Gasteiger partial charge in [-0.25, -0.2) is 4.79 Å². The predicted octanol–water partition coefficient (Wildman–Crippen LogP) is 2.26. The van der Waals surface area contributed by atoms with Crippen LogP contribution in [0.1, 0.15) is 44.1 Å². The number of carboxylic acids is 1. The van der Waals surface area contributed by atoms with E-state index in [0.29, 0.717) is 19.6 Å². The van der Waals surface area contributed by atoms with E-state index in [9.17, 15) is 9.59 Å². The van der Waals surface area contributed by atoms with Gasteiger partial charge >= 0.3 is 5.97 Å². The van der Waals surface area contributed by atoms with Crippen LogP contribution in [0.15, 0.2) is 30.3 Å². The molecule has 0 unspecified atom stereocenters. The molecular formula is C20H27NO5. The summed E-state index contributed by atoms with van der Waals surface area (Å²) in [5.41, 5.74) is 0.533. The number of carbonyl (C=O) groups is 2. The summed E-state index contributed by atoms with van der Waals surface area (Å²) in [6.07, 6.45) is 5.12. The summed E-state index contributed by atoms with van der Waals surface area (Å²) in [4.78, 5) is 24.1. The van der Waals surface area contributed by atoms with E-state index in [2.05, 4.69) is 5.32 Å². The smallest absolute Gasteiger partial charge is 0.329 e. The van der Waals surface area contributed by atoms with Gasteiger partial charge in [0.1, 0.15) is 6.61 Å². The van der Waals surface area contributed by atoms with Gasteiger partial charge in [0.25, 0.3) is 0 Å². The molecule has 1 amide bonds. The van der Waals surface area contributed by atoms with Crippen molar-refractivity contribution in [1.82, 2.24) is 5.32 Å². The maximum atomic E-state index is 13.3. The van der Waals surface area contributed by atoms with Crippen molar-refractivity contribution >= 4 is 11.9 Å². The van der Waals surface area contributed by atoms with Gasteiger partial charge in [0, 0.05) is 6.61 Å². The van der Waals surface area contributed by atoms with Gasteiger partial charge in [0.05, 0.1) is 24.2 Å². The molecule has 0 radical (unpaired) electrons. The van der Waals surface area contributed by atoms with Crippen molar-refractivity contribution in [2.75, 3.05) is 19.8 Å². The third kappa shape index (κ3) is 4.24. The zero-order chi connectivity index (χ0) is 18.4. The van der Waals surface area contributed by atoms with Gasteiger partial charge in [-0.3, -0.25) is 4.79 Å². The molecule has 1 aliphatic heterocycles. The van der Waals surface area contributed by atoms with Crippen LogP contribution in [0.3, 0.4) is 0 Å². The minimum Gasteiger partial charge on any atom is -0.480 e. The van der Waals surface area contributed by atoms with E-state index < -0.39 is 11.4 Å². The predicted molar refractivity (Wildman–Crippen MR) is 95.9 cm³/mol. The van der Waals surface area contributed by atoms with Gasteiger partial charge < -0.3 is 19.9 Å². The van der Waals surface area contributed by atoms with Crippen molar-refractivity contribution < 1.29 is 24.2 Å². The number of aliphatic carboxylic acids is 1. The minimum absolute atomic E-state index is 0.00262. The van der Waals surface area contributed by atoms with Crippen molar-refractivity contribution in [2.45, 2.75) is 56.1 Å². The average molecular weight is 361 g/mol. The third-order valence-electron chi connectivity index (χ3n) is 5.50. The lowest BCUT2D eigenvalue weighted by Gasteiger charge is -2.39. The lowest BCUT2D eigenvalue weighted by atomic mass is 9.68.